The van der Waals surface area contributed by atoms with Crippen molar-refractivity contribution in [1.82, 2.24) is 9.62 Å². The Kier molecular flexibility index (Phi) is 7.20. The average Bonchev–Trinajstić information content (AvgIpc) is 2.75. The van der Waals surface area contributed by atoms with Crippen LogP contribution < -0.4 is 16.4 Å². The Labute approximate surface area is 189 Å². The SMILES string of the molecule is Cc1ccc(S(=O)(=O)N2CCC(C(=O)NC(C)c3ccc(NC(N)=O)cc3)CC2)cc1C. The predicted octanol–water partition coefficient (Wildman–Crippen LogP) is 3.07. The summed E-state index contributed by atoms with van der Waals surface area (Å²) in [5, 5.41) is 5.50. The van der Waals surface area contributed by atoms with Gasteiger partial charge in [-0.25, -0.2) is 13.2 Å². The van der Waals surface area contributed by atoms with Crippen molar-refractivity contribution in [3.63, 3.8) is 0 Å². The molecule has 8 nitrogen and oxygen atoms in total. The molecule has 0 spiro atoms. The summed E-state index contributed by atoms with van der Waals surface area (Å²) in [5.41, 5.74) is 8.56. The molecule has 4 N–H and O–H groups in total. The van der Waals surface area contributed by atoms with Crippen LogP contribution in [0.25, 0.3) is 0 Å². The first-order chi connectivity index (χ1) is 15.1. The summed E-state index contributed by atoms with van der Waals surface area (Å²) in [4.78, 5) is 24.0. The molecule has 0 bridgehead atoms. The highest BCUT2D eigenvalue weighted by atomic mass is 32.2. The number of nitrogens with two attached hydrogens (primary N) is 1. The molecule has 172 valence electrons. The van der Waals surface area contributed by atoms with Gasteiger partial charge in [-0.3, -0.25) is 4.79 Å². The van der Waals surface area contributed by atoms with Gasteiger partial charge in [-0.15, -0.1) is 0 Å². The topological polar surface area (TPSA) is 122 Å². The highest BCUT2D eigenvalue weighted by Gasteiger charge is 2.32. The molecule has 3 amide bonds. The van der Waals surface area contributed by atoms with Crippen molar-refractivity contribution >= 4 is 27.6 Å². The van der Waals surface area contributed by atoms with Gasteiger partial charge in [0.05, 0.1) is 10.9 Å². The maximum absolute atomic E-state index is 13.0. The van der Waals surface area contributed by atoms with Crippen LogP contribution in [0.4, 0.5) is 10.5 Å². The monoisotopic (exact) mass is 458 g/mol. The lowest BCUT2D eigenvalue weighted by Crippen LogP contribution is -2.43. The Balaban J connectivity index is 1.56. The maximum atomic E-state index is 13.0. The molecule has 0 aromatic heterocycles. The van der Waals surface area contributed by atoms with Crippen LogP contribution in [0.5, 0.6) is 0 Å². The van der Waals surface area contributed by atoms with Crippen LogP contribution in [0.3, 0.4) is 0 Å². The van der Waals surface area contributed by atoms with Crippen molar-refractivity contribution in [2.24, 2.45) is 11.7 Å². The fourth-order valence-electron chi connectivity index (χ4n) is 3.79. The fourth-order valence-corrected chi connectivity index (χ4v) is 5.35. The lowest BCUT2D eigenvalue weighted by atomic mass is 9.96. The first-order valence-corrected chi connectivity index (χ1v) is 12.1. The Morgan fingerprint density at radius 3 is 2.22 bits per heavy atom. The van der Waals surface area contributed by atoms with Gasteiger partial charge in [0, 0.05) is 24.7 Å². The first kappa shape index (κ1) is 23.7. The molecule has 1 aliphatic heterocycles. The Hall–Kier alpha value is -2.91. The fraction of sp³-hybridized carbons (Fsp3) is 0.391. The molecular formula is C23H30N4O4S. The van der Waals surface area contributed by atoms with E-state index in [0.29, 0.717) is 36.5 Å². The predicted molar refractivity (Wildman–Crippen MR) is 124 cm³/mol. The van der Waals surface area contributed by atoms with E-state index in [1.807, 2.05) is 39.0 Å². The van der Waals surface area contributed by atoms with E-state index in [1.165, 1.54) is 4.31 Å². The van der Waals surface area contributed by atoms with Crippen LogP contribution in [0.2, 0.25) is 0 Å². The Bertz CT molecular complexity index is 1090. The number of rotatable bonds is 6. The number of carbonyl (C=O) groups excluding carboxylic acids is 2. The van der Waals surface area contributed by atoms with Crippen molar-refractivity contribution in [3.05, 3.63) is 59.2 Å². The van der Waals surface area contributed by atoms with Gasteiger partial charge < -0.3 is 16.4 Å². The van der Waals surface area contributed by atoms with Crippen molar-refractivity contribution in [3.8, 4) is 0 Å². The van der Waals surface area contributed by atoms with Gasteiger partial charge in [0.1, 0.15) is 0 Å². The second-order valence-corrected chi connectivity index (χ2v) is 10.2. The smallest absolute Gasteiger partial charge is 0.316 e. The van der Waals surface area contributed by atoms with E-state index in [1.54, 1.807) is 24.3 Å². The van der Waals surface area contributed by atoms with E-state index < -0.39 is 16.1 Å². The van der Waals surface area contributed by atoms with Gasteiger partial charge >= 0.3 is 6.03 Å². The molecule has 1 atom stereocenters. The third kappa shape index (κ3) is 5.46. The van der Waals surface area contributed by atoms with Crippen molar-refractivity contribution in [2.45, 2.75) is 44.6 Å². The summed E-state index contributed by atoms with van der Waals surface area (Å²) in [5.74, 6) is -0.320. The van der Waals surface area contributed by atoms with Gasteiger partial charge in [-0.05, 0) is 74.6 Å². The Morgan fingerprint density at radius 1 is 1.03 bits per heavy atom. The number of benzene rings is 2. The normalized spacial score (nSPS) is 16.3. The zero-order valence-electron chi connectivity index (χ0n) is 18.6. The highest BCUT2D eigenvalue weighted by molar-refractivity contribution is 7.89. The minimum atomic E-state index is -3.57. The van der Waals surface area contributed by atoms with Gasteiger partial charge in [-0.1, -0.05) is 18.2 Å². The number of carbonyl (C=O) groups is 2. The van der Waals surface area contributed by atoms with Gasteiger partial charge in [-0.2, -0.15) is 4.31 Å². The minimum absolute atomic E-state index is 0.0833. The molecule has 1 unspecified atom stereocenters. The van der Waals surface area contributed by atoms with Gasteiger partial charge in [0.15, 0.2) is 0 Å². The van der Waals surface area contributed by atoms with Crippen LogP contribution >= 0.6 is 0 Å². The number of piperidine rings is 1. The number of anilines is 1. The van der Waals surface area contributed by atoms with Crippen molar-refractivity contribution in [1.29, 1.82) is 0 Å². The van der Waals surface area contributed by atoms with E-state index in [4.69, 9.17) is 5.73 Å². The highest BCUT2D eigenvalue weighted by Crippen LogP contribution is 2.26. The molecule has 2 aromatic rings. The summed E-state index contributed by atoms with van der Waals surface area (Å²) in [7, 11) is -3.57. The third-order valence-electron chi connectivity index (χ3n) is 5.98. The van der Waals surface area contributed by atoms with Gasteiger partial charge in [0.2, 0.25) is 15.9 Å². The molecule has 1 heterocycles. The number of sulfonamides is 1. The number of nitrogens with zero attached hydrogens (tertiary/aromatic N) is 1. The Morgan fingerprint density at radius 2 is 1.66 bits per heavy atom. The number of urea groups is 1. The average molecular weight is 459 g/mol. The van der Waals surface area contributed by atoms with Crippen LogP contribution in [0.1, 0.15) is 42.5 Å². The minimum Gasteiger partial charge on any atom is -0.351 e. The molecule has 0 saturated carbocycles. The molecule has 1 aliphatic rings. The maximum Gasteiger partial charge on any atom is 0.316 e. The van der Waals surface area contributed by atoms with E-state index in [-0.39, 0.29) is 17.9 Å². The number of aryl methyl sites for hydroxylation is 2. The van der Waals surface area contributed by atoms with Crippen molar-refractivity contribution < 1.29 is 18.0 Å². The molecule has 1 saturated heterocycles. The first-order valence-electron chi connectivity index (χ1n) is 10.6. The second kappa shape index (κ2) is 9.70. The van der Waals surface area contributed by atoms with E-state index in [0.717, 1.165) is 16.7 Å². The summed E-state index contributed by atoms with van der Waals surface area (Å²) in [6.45, 7) is 6.36. The second-order valence-electron chi connectivity index (χ2n) is 8.27. The molecule has 9 heteroatoms. The number of hydrogen-bond acceptors (Lipinski definition) is 4. The molecule has 0 aliphatic carbocycles. The molecule has 0 radical (unpaired) electrons. The number of amides is 3. The lowest BCUT2D eigenvalue weighted by molar-refractivity contribution is -0.126. The summed E-state index contributed by atoms with van der Waals surface area (Å²) < 4.78 is 27.4. The number of primary amides is 1. The molecule has 2 aromatic carbocycles. The third-order valence-corrected chi connectivity index (χ3v) is 7.87. The van der Waals surface area contributed by atoms with Crippen LogP contribution in [0.15, 0.2) is 47.4 Å². The largest absolute Gasteiger partial charge is 0.351 e. The zero-order chi connectivity index (χ0) is 23.5. The number of nitrogens with one attached hydrogen (secondary N) is 2. The van der Waals surface area contributed by atoms with Crippen LogP contribution in [-0.2, 0) is 14.8 Å². The van der Waals surface area contributed by atoms with E-state index in [9.17, 15) is 18.0 Å². The summed E-state index contributed by atoms with van der Waals surface area (Å²) in [6.07, 6.45) is 0.953. The van der Waals surface area contributed by atoms with Crippen molar-refractivity contribution in [2.75, 3.05) is 18.4 Å². The summed E-state index contributed by atoms with van der Waals surface area (Å²) >= 11 is 0. The van der Waals surface area contributed by atoms with E-state index >= 15 is 0 Å². The van der Waals surface area contributed by atoms with Crippen LogP contribution in [-0.4, -0.2) is 37.8 Å². The molecule has 1 fully saturated rings. The summed E-state index contributed by atoms with van der Waals surface area (Å²) in [6, 6.07) is 11.4. The molecule has 3 rings (SSSR count). The quantitative estimate of drug-likeness (QED) is 0.616. The zero-order valence-corrected chi connectivity index (χ0v) is 19.4. The molecular weight excluding hydrogens is 428 g/mol. The van der Waals surface area contributed by atoms with E-state index in [2.05, 4.69) is 10.6 Å². The molecule has 32 heavy (non-hydrogen) atoms. The standard InChI is InChI=1S/C23H30N4O4S/c1-15-4-9-21(14-16(15)2)32(30,31)27-12-10-19(11-13-27)22(28)25-17(3)18-5-7-20(8-6-18)26-23(24)29/h4-9,14,17,19H,10-13H2,1-3H3,(H,25,28)(H3,24,26,29). The number of hydrogen-bond donors (Lipinski definition) is 3. The van der Waals surface area contributed by atoms with Gasteiger partial charge in [0.25, 0.3) is 0 Å². The lowest BCUT2D eigenvalue weighted by Gasteiger charge is -2.31. The van der Waals surface area contributed by atoms with Crippen LogP contribution in [0, 0.1) is 19.8 Å².